The molecule has 0 heterocycles. The molecule has 0 spiro atoms. The van der Waals surface area contributed by atoms with Gasteiger partial charge < -0.3 is 9.64 Å². The molecule has 23 heavy (non-hydrogen) atoms. The number of carbonyl (C=O) groups excluding carboxylic acids is 1. The van der Waals surface area contributed by atoms with Crippen molar-refractivity contribution < 1.29 is 9.53 Å². The van der Waals surface area contributed by atoms with Crippen LogP contribution in [0.15, 0.2) is 48.5 Å². The number of carbonyl (C=O) groups is 1. The van der Waals surface area contributed by atoms with Crippen LogP contribution in [0, 0.1) is 13.8 Å². The number of hydrogen-bond acceptors (Lipinski definition) is 2. The summed E-state index contributed by atoms with van der Waals surface area (Å²) in [4.78, 5) is 14.4. The standard InChI is InChI=1S/C20H25NO2/c1-5-18(23-19-12-11-15(2)13-16(19)3)20(22)21(4)14-17-9-7-6-8-10-17/h6-13,18H,5,14H2,1-4H3. The van der Waals surface area contributed by atoms with Crippen molar-refractivity contribution in [3.05, 3.63) is 65.2 Å². The lowest BCUT2D eigenvalue weighted by atomic mass is 10.1. The normalized spacial score (nSPS) is 11.8. The van der Waals surface area contributed by atoms with E-state index in [1.807, 2.05) is 70.3 Å². The van der Waals surface area contributed by atoms with Gasteiger partial charge in [0.15, 0.2) is 6.10 Å². The van der Waals surface area contributed by atoms with Crippen LogP contribution in [-0.4, -0.2) is 24.0 Å². The highest BCUT2D eigenvalue weighted by atomic mass is 16.5. The molecule has 0 fully saturated rings. The first-order chi connectivity index (χ1) is 11.0. The van der Waals surface area contributed by atoms with Crippen molar-refractivity contribution in [1.29, 1.82) is 0 Å². The molecule has 122 valence electrons. The summed E-state index contributed by atoms with van der Waals surface area (Å²) in [5.41, 5.74) is 3.36. The second kappa shape index (κ2) is 7.82. The molecule has 0 aromatic heterocycles. The number of amides is 1. The third-order valence-electron chi connectivity index (χ3n) is 3.88. The summed E-state index contributed by atoms with van der Waals surface area (Å²) in [6, 6.07) is 16.0. The van der Waals surface area contributed by atoms with Crippen LogP contribution < -0.4 is 4.74 Å². The average molecular weight is 311 g/mol. The van der Waals surface area contributed by atoms with Crippen molar-refractivity contribution in [2.45, 2.75) is 39.8 Å². The molecule has 0 aliphatic heterocycles. The maximum Gasteiger partial charge on any atom is 0.263 e. The largest absolute Gasteiger partial charge is 0.480 e. The monoisotopic (exact) mass is 311 g/mol. The summed E-state index contributed by atoms with van der Waals surface area (Å²) < 4.78 is 5.98. The predicted octanol–water partition coefficient (Wildman–Crippen LogP) is 4.12. The Bertz CT molecular complexity index is 652. The minimum Gasteiger partial charge on any atom is -0.480 e. The average Bonchev–Trinajstić information content (AvgIpc) is 2.54. The summed E-state index contributed by atoms with van der Waals surface area (Å²) in [5, 5.41) is 0. The van der Waals surface area contributed by atoms with E-state index in [1.54, 1.807) is 4.90 Å². The Morgan fingerprint density at radius 1 is 1.13 bits per heavy atom. The van der Waals surface area contributed by atoms with E-state index in [0.717, 1.165) is 16.9 Å². The molecule has 0 saturated carbocycles. The maximum atomic E-state index is 12.7. The number of hydrogen-bond donors (Lipinski definition) is 0. The number of rotatable bonds is 6. The van der Waals surface area contributed by atoms with Crippen molar-refractivity contribution in [1.82, 2.24) is 4.90 Å². The van der Waals surface area contributed by atoms with E-state index in [4.69, 9.17) is 4.74 Å². The second-order valence-corrected chi connectivity index (χ2v) is 5.96. The highest BCUT2D eigenvalue weighted by molar-refractivity contribution is 5.81. The minimum absolute atomic E-state index is 0.0105. The van der Waals surface area contributed by atoms with Gasteiger partial charge in [-0.25, -0.2) is 0 Å². The van der Waals surface area contributed by atoms with Gasteiger partial charge in [-0.3, -0.25) is 4.79 Å². The van der Waals surface area contributed by atoms with Crippen LogP contribution in [0.1, 0.15) is 30.0 Å². The minimum atomic E-state index is -0.454. The third-order valence-corrected chi connectivity index (χ3v) is 3.88. The molecule has 1 unspecified atom stereocenters. The summed E-state index contributed by atoms with van der Waals surface area (Å²) in [5.74, 6) is 0.792. The van der Waals surface area contributed by atoms with E-state index < -0.39 is 6.10 Å². The molecule has 0 saturated heterocycles. The van der Waals surface area contributed by atoms with Gasteiger partial charge in [0.05, 0.1) is 0 Å². The molecule has 1 amide bonds. The van der Waals surface area contributed by atoms with E-state index in [1.165, 1.54) is 5.56 Å². The van der Waals surface area contributed by atoms with Crippen molar-refractivity contribution in [2.75, 3.05) is 7.05 Å². The van der Waals surface area contributed by atoms with Crippen LogP contribution >= 0.6 is 0 Å². The molecule has 3 nitrogen and oxygen atoms in total. The Morgan fingerprint density at radius 3 is 2.43 bits per heavy atom. The van der Waals surface area contributed by atoms with Crippen LogP contribution in [0.4, 0.5) is 0 Å². The van der Waals surface area contributed by atoms with Crippen LogP contribution in [0.5, 0.6) is 5.75 Å². The Hall–Kier alpha value is -2.29. The fourth-order valence-corrected chi connectivity index (χ4v) is 2.57. The molecule has 1 atom stereocenters. The fourth-order valence-electron chi connectivity index (χ4n) is 2.57. The molecule has 0 N–H and O–H groups in total. The molecule has 0 aliphatic rings. The Kier molecular flexibility index (Phi) is 5.80. The maximum absolute atomic E-state index is 12.7. The SMILES string of the molecule is CCC(Oc1ccc(C)cc1C)C(=O)N(C)Cc1ccccc1. The van der Waals surface area contributed by atoms with Gasteiger partial charge in [-0.2, -0.15) is 0 Å². The van der Waals surface area contributed by atoms with Gasteiger partial charge in [0, 0.05) is 13.6 Å². The van der Waals surface area contributed by atoms with Gasteiger partial charge >= 0.3 is 0 Å². The summed E-state index contributed by atoms with van der Waals surface area (Å²) in [6.07, 6.45) is 0.191. The molecule has 0 aliphatic carbocycles. The number of benzene rings is 2. The zero-order valence-corrected chi connectivity index (χ0v) is 14.4. The quantitative estimate of drug-likeness (QED) is 0.803. The van der Waals surface area contributed by atoms with Crippen molar-refractivity contribution in [2.24, 2.45) is 0 Å². The van der Waals surface area contributed by atoms with Gasteiger partial charge in [0.2, 0.25) is 0 Å². The highest BCUT2D eigenvalue weighted by Gasteiger charge is 2.22. The van der Waals surface area contributed by atoms with E-state index >= 15 is 0 Å². The summed E-state index contributed by atoms with van der Waals surface area (Å²) in [6.45, 7) is 6.62. The zero-order valence-electron chi connectivity index (χ0n) is 14.4. The van der Waals surface area contributed by atoms with Gasteiger partial charge in [0.1, 0.15) is 5.75 Å². The Morgan fingerprint density at radius 2 is 1.83 bits per heavy atom. The molecule has 2 aromatic rings. The Balaban J connectivity index is 2.05. The smallest absolute Gasteiger partial charge is 0.263 e. The number of ether oxygens (including phenoxy) is 1. The number of likely N-dealkylation sites (N-methyl/N-ethyl adjacent to an activating group) is 1. The van der Waals surface area contributed by atoms with Crippen LogP contribution in [0.3, 0.4) is 0 Å². The molecule has 3 heteroatoms. The Labute approximate surface area is 138 Å². The molecule has 2 rings (SSSR count). The van der Waals surface area contributed by atoms with E-state index in [9.17, 15) is 4.79 Å². The van der Waals surface area contributed by atoms with E-state index in [0.29, 0.717) is 13.0 Å². The van der Waals surface area contributed by atoms with Crippen molar-refractivity contribution in [3.63, 3.8) is 0 Å². The predicted molar refractivity (Wildman–Crippen MR) is 93.5 cm³/mol. The first kappa shape index (κ1) is 17.1. The van der Waals surface area contributed by atoms with Crippen LogP contribution in [0.25, 0.3) is 0 Å². The third kappa shape index (κ3) is 4.59. The van der Waals surface area contributed by atoms with Crippen molar-refractivity contribution in [3.8, 4) is 5.75 Å². The molecular weight excluding hydrogens is 286 g/mol. The van der Waals surface area contributed by atoms with Gasteiger partial charge in [0.25, 0.3) is 5.91 Å². The second-order valence-electron chi connectivity index (χ2n) is 5.96. The number of nitrogens with zero attached hydrogens (tertiary/aromatic N) is 1. The molecule has 0 radical (unpaired) electrons. The van der Waals surface area contributed by atoms with Crippen LogP contribution in [-0.2, 0) is 11.3 Å². The van der Waals surface area contributed by atoms with E-state index in [2.05, 4.69) is 6.07 Å². The lowest BCUT2D eigenvalue weighted by Crippen LogP contribution is -2.39. The first-order valence-corrected chi connectivity index (χ1v) is 8.04. The fraction of sp³-hybridized carbons (Fsp3) is 0.350. The van der Waals surface area contributed by atoms with E-state index in [-0.39, 0.29) is 5.91 Å². The molecular formula is C20H25NO2. The summed E-state index contributed by atoms with van der Waals surface area (Å²) in [7, 11) is 1.82. The number of aryl methyl sites for hydroxylation is 2. The van der Waals surface area contributed by atoms with Crippen LogP contribution in [0.2, 0.25) is 0 Å². The zero-order chi connectivity index (χ0) is 16.8. The lowest BCUT2D eigenvalue weighted by molar-refractivity contribution is -0.138. The lowest BCUT2D eigenvalue weighted by Gasteiger charge is -2.24. The van der Waals surface area contributed by atoms with Gasteiger partial charge in [-0.05, 0) is 37.5 Å². The highest BCUT2D eigenvalue weighted by Crippen LogP contribution is 2.21. The first-order valence-electron chi connectivity index (χ1n) is 8.04. The molecule has 2 aromatic carbocycles. The van der Waals surface area contributed by atoms with Gasteiger partial charge in [-0.1, -0.05) is 55.0 Å². The van der Waals surface area contributed by atoms with Gasteiger partial charge in [-0.15, -0.1) is 0 Å². The molecule has 0 bridgehead atoms. The van der Waals surface area contributed by atoms with Crippen molar-refractivity contribution >= 4 is 5.91 Å². The summed E-state index contributed by atoms with van der Waals surface area (Å²) >= 11 is 0. The topological polar surface area (TPSA) is 29.5 Å².